The molecule has 2 aromatic heterocycles. The van der Waals surface area contributed by atoms with Crippen LogP contribution < -0.4 is 5.32 Å². The molecule has 0 saturated carbocycles. The van der Waals surface area contributed by atoms with E-state index in [-0.39, 0.29) is 0 Å². The highest BCUT2D eigenvalue weighted by atomic mass is 79.9. The molecular weight excluding hydrogens is 350 g/mol. The summed E-state index contributed by atoms with van der Waals surface area (Å²) in [5, 5.41) is 3.40. The number of nitrogens with one attached hydrogen (secondary N) is 1. The lowest BCUT2D eigenvalue weighted by Crippen LogP contribution is -2.05. The fourth-order valence-corrected chi connectivity index (χ4v) is 2.86. The summed E-state index contributed by atoms with van der Waals surface area (Å²) in [6.07, 6.45) is 5.71. The fraction of sp³-hybridized carbons (Fsp3) is 0.158. The Bertz CT molecular complexity index is 745. The maximum absolute atomic E-state index is 4.70. The van der Waals surface area contributed by atoms with Gasteiger partial charge in [-0.3, -0.25) is 4.98 Å². The molecule has 4 heteroatoms. The summed E-state index contributed by atoms with van der Waals surface area (Å²) in [4.78, 5) is 8.76. The quantitative estimate of drug-likeness (QED) is 0.626. The van der Waals surface area contributed by atoms with Gasteiger partial charge in [0.1, 0.15) is 5.82 Å². The Balaban J connectivity index is 1.60. The van der Waals surface area contributed by atoms with E-state index < -0.39 is 0 Å². The van der Waals surface area contributed by atoms with E-state index in [9.17, 15) is 0 Å². The molecule has 0 aliphatic rings. The van der Waals surface area contributed by atoms with Crippen molar-refractivity contribution in [3.05, 3.63) is 77.0 Å². The lowest BCUT2D eigenvalue weighted by Gasteiger charge is -2.09. The molecule has 116 valence electrons. The van der Waals surface area contributed by atoms with Gasteiger partial charge in [0.15, 0.2) is 0 Å². The van der Waals surface area contributed by atoms with E-state index in [1.165, 1.54) is 5.56 Å². The van der Waals surface area contributed by atoms with Crippen LogP contribution in [0.15, 0.2) is 71.5 Å². The van der Waals surface area contributed by atoms with Gasteiger partial charge in [0.05, 0.1) is 5.69 Å². The van der Waals surface area contributed by atoms with Gasteiger partial charge < -0.3 is 5.32 Å². The highest BCUT2D eigenvalue weighted by molar-refractivity contribution is 9.10. The largest absolute Gasteiger partial charge is 0.370 e. The molecule has 0 spiro atoms. The highest BCUT2D eigenvalue weighted by Gasteiger charge is 2.06. The van der Waals surface area contributed by atoms with Gasteiger partial charge in [-0.15, -0.1) is 0 Å². The third kappa shape index (κ3) is 4.39. The first-order valence-corrected chi connectivity index (χ1v) is 8.47. The smallest absolute Gasteiger partial charge is 0.126 e. The summed E-state index contributed by atoms with van der Waals surface area (Å²) in [7, 11) is 0. The molecule has 0 aliphatic heterocycles. The second kappa shape index (κ2) is 7.88. The number of anilines is 1. The minimum Gasteiger partial charge on any atom is -0.370 e. The molecule has 1 N–H and O–H groups in total. The number of nitrogens with zero attached hydrogens (tertiary/aromatic N) is 2. The summed E-state index contributed by atoms with van der Waals surface area (Å²) < 4.78 is 0.985. The van der Waals surface area contributed by atoms with Crippen LogP contribution in [-0.4, -0.2) is 16.5 Å². The zero-order chi connectivity index (χ0) is 15.9. The predicted molar refractivity (Wildman–Crippen MR) is 98.4 cm³/mol. The van der Waals surface area contributed by atoms with E-state index in [4.69, 9.17) is 4.98 Å². The average molecular weight is 368 g/mol. The summed E-state index contributed by atoms with van der Waals surface area (Å²) in [5.41, 5.74) is 3.36. The first-order chi connectivity index (χ1) is 11.3. The number of aromatic nitrogens is 2. The number of rotatable bonds is 6. The lowest BCUT2D eigenvalue weighted by molar-refractivity contribution is 0.859. The molecule has 0 fully saturated rings. The fourth-order valence-electron chi connectivity index (χ4n) is 2.41. The monoisotopic (exact) mass is 367 g/mol. The van der Waals surface area contributed by atoms with Crippen LogP contribution in [0.25, 0.3) is 11.3 Å². The topological polar surface area (TPSA) is 37.8 Å². The second-order valence-corrected chi connectivity index (χ2v) is 6.13. The number of benzene rings is 1. The molecule has 0 atom stereocenters. The normalized spacial score (nSPS) is 10.5. The Kier molecular flexibility index (Phi) is 5.37. The van der Waals surface area contributed by atoms with Crippen LogP contribution in [0.1, 0.15) is 12.0 Å². The van der Waals surface area contributed by atoms with Crippen molar-refractivity contribution in [2.24, 2.45) is 0 Å². The molecule has 0 radical (unpaired) electrons. The van der Waals surface area contributed by atoms with Crippen molar-refractivity contribution in [1.82, 2.24) is 9.97 Å². The molecule has 0 aliphatic carbocycles. The Morgan fingerprint density at radius 3 is 2.48 bits per heavy atom. The third-order valence-corrected chi connectivity index (χ3v) is 4.23. The third-order valence-electron chi connectivity index (χ3n) is 3.59. The molecular formula is C19H18BrN3. The van der Waals surface area contributed by atoms with E-state index in [0.29, 0.717) is 0 Å². The predicted octanol–water partition coefficient (Wildman–Crippen LogP) is 4.95. The summed E-state index contributed by atoms with van der Waals surface area (Å²) in [5.74, 6) is 0.896. The minimum atomic E-state index is 0.896. The molecule has 3 nitrogen and oxygen atoms in total. The van der Waals surface area contributed by atoms with E-state index in [1.807, 2.05) is 30.3 Å². The Morgan fingerprint density at radius 1 is 0.913 bits per heavy atom. The molecule has 0 saturated heterocycles. The average Bonchev–Trinajstić information content (AvgIpc) is 2.62. The van der Waals surface area contributed by atoms with E-state index in [2.05, 4.69) is 50.5 Å². The van der Waals surface area contributed by atoms with Crippen LogP contribution in [-0.2, 0) is 6.42 Å². The zero-order valence-corrected chi connectivity index (χ0v) is 14.3. The van der Waals surface area contributed by atoms with Crippen LogP contribution in [0, 0.1) is 0 Å². The van der Waals surface area contributed by atoms with Gasteiger partial charge >= 0.3 is 0 Å². The molecule has 0 unspecified atom stereocenters. The second-order valence-electron chi connectivity index (χ2n) is 5.28. The first kappa shape index (κ1) is 15.7. The van der Waals surface area contributed by atoms with E-state index in [1.54, 1.807) is 12.4 Å². The van der Waals surface area contributed by atoms with Crippen LogP contribution >= 0.6 is 15.9 Å². The number of halogens is 1. The summed E-state index contributed by atoms with van der Waals surface area (Å²) in [6, 6.07) is 18.5. The van der Waals surface area contributed by atoms with Crippen molar-refractivity contribution in [1.29, 1.82) is 0 Å². The van der Waals surface area contributed by atoms with E-state index >= 15 is 0 Å². The van der Waals surface area contributed by atoms with Crippen molar-refractivity contribution >= 4 is 21.7 Å². The Hall–Kier alpha value is -2.20. The Morgan fingerprint density at radius 2 is 1.70 bits per heavy atom. The van der Waals surface area contributed by atoms with Gasteiger partial charge in [0.25, 0.3) is 0 Å². The van der Waals surface area contributed by atoms with Gasteiger partial charge in [-0.05, 0) is 58.6 Å². The van der Waals surface area contributed by atoms with Gasteiger partial charge in [-0.1, -0.05) is 30.3 Å². The molecule has 3 rings (SSSR count). The van der Waals surface area contributed by atoms with Gasteiger partial charge in [-0.2, -0.15) is 0 Å². The number of hydrogen-bond donors (Lipinski definition) is 1. The lowest BCUT2D eigenvalue weighted by atomic mass is 10.1. The molecule has 0 bridgehead atoms. The van der Waals surface area contributed by atoms with Crippen molar-refractivity contribution < 1.29 is 0 Å². The van der Waals surface area contributed by atoms with Gasteiger partial charge in [0.2, 0.25) is 0 Å². The number of pyridine rings is 2. The standard InChI is InChI=1S/C19H18BrN3/c20-17-8-9-18(23-19(17)16-10-13-21-14-11-16)22-12-4-7-15-5-2-1-3-6-15/h1-3,5-6,8-11,13-14H,4,7,12H2,(H,22,23). The Labute approximate surface area is 144 Å². The zero-order valence-electron chi connectivity index (χ0n) is 12.7. The van der Waals surface area contributed by atoms with Crippen LogP contribution in [0.2, 0.25) is 0 Å². The highest BCUT2D eigenvalue weighted by Crippen LogP contribution is 2.27. The molecule has 0 amide bonds. The van der Waals surface area contributed by atoms with Crippen molar-refractivity contribution in [3.8, 4) is 11.3 Å². The molecule has 3 aromatic rings. The van der Waals surface area contributed by atoms with Gasteiger partial charge in [0, 0.05) is 29.0 Å². The van der Waals surface area contributed by atoms with Crippen molar-refractivity contribution in [2.45, 2.75) is 12.8 Å². The first-order valence-electron chi connectivity index (χ1n) is 7.68. The number of hydrogen-bond acceptors (Lipinski definition) is 3. The SMILES string of the molecule is Brc1ccc(NCCCc2ccccc2)nc1-c1ccncc1. The van der Waals surface area contributed by atoms with E-state index in [0.717, 1.165) is 40.9 Å². The van der Waals surface area contributed by atoms with Crippen LogP contribution in [0.3, 0.4) is 0 Å². The maximum atomic E-state index is 4.70. The van der Waals surface area contributed by atoms with Crippen molar-refractivity contribution in [2.75, 3.05) is 11.9 Å². The summed E-state index contributed by atoms with van der Waals surface area (Å²) in [6.45, 7) is 0.902. The van der Waals surface area contributed by atoms with Gasteiger partial charge in [-0.25, -0.2) is 4.98 Å². The molecule has 2 heterocycles. The molecule has 1 aromatic carbocycles. The minimum absolute atomic E-state index is 0.896. The summed E-state index contributed by atoms with van der Waals surface area (Å²) >= 11 is 3.57. The van der Waals surface area contributed by atoms with Crippen LogP contribution in [0.5, 0.6) is 0 Å². The van der Waals surface area contributed by atoms with Crippen molar-refractivity contribution in [3.63, 3.8) is 0 Å². The van der Waals surface area contributed by atoms with Crippen LogP contribution in [0.4, 0.5) is 5.82 Å². The molecule has 23 heavy (non-hydrogen) atoms. The maximum Gasteiger partial charge on any atom is 0.126 e. The number of aryl methyl sites for hydroxylation is 1.